The minimum Gasteiger partial charge on any atom is -0.391 e. The van der Waals surface area contributed by atoms with Gasteiger partial charge in [0.2, 0.25) is 0 Å². The van der Waals surface area contributed by atoms with Gasteiger partial charge in [0.1, 0.15) is 0 Å². The summed E-state index contributed by atoms with van der Waals surface area (Å²) >= 11 is 7.11. The highest BCUT2D eigenvalue weighted by atomic mass is 35.5. The molecule has 0 saturated heterocycles. The van der Waals surface area contributed by atoms with E-state index in [1.54, 1.807) is 0 Å². The lowest BCUT2D eigenvalue weighted by atomic mass is 10.2. The molecule has 6 heteroatoms. The van der Waals surface area contributed by atoms with Crippen LogP contribution in [0.5, 0.6) is 0 Å². The van der Waals surface area contributed by atoms with Crippen LogP contribution in [0, 0.1) is 0 Å². The predicted octanol–water partition coefficient (Wildman–Crippen LogP) is 3.63. The molecular weight excluding hydrogens is 330 g/mol. The number of aliphatic hydroxyl groups is 1. The predicted molar refractivity (Wildman–Crippen MR) is 94.2 cm³/mol. The van der Waals surface area contributed by atoms with Crippen molar-refractivity contribution in [1.82, 2.24) is 14.8 Å². The summed E-state index contributed by atoms with van der Waals surface area (Å²) in [5.41, 5.74) is 1.98. The van der Waals surface area contributed by atoms with Crippen LogP contribution in [-0.4, -0.2) is 37.6 Å². The van der Waals surface area contributed by atoms with Crippen molar-refractivity contribution in [1.29, 1.82) is 0 Å². The summed E-state index contributed by atoms with van der Waals surface area (Å²) in [5, 5.41) is 19.1. The molecule has 3 rings (SSSR count). The van der Waals surface area contributed by atoms with Gasteiger partial charge in [0.25, 0.3) is 0 Å². The molecule has 3 aromatic rings. The minimum atomic E-state index is -0.567. The number of nitrogens with zero attached hydrogens (tertiary/aromatic N) is 3. The molecule has 23 heavy (non-hydrogen) atoms. The van der Waals surface area contributed by atoms with Crippen LogP contribution in [0.1, 0.15) is 0 Å². The van der Waals surface area contributed by atoms with E-state index in [9.17, 15) is 5.11 Å². The minimum absolute atomic E-state index is 0.206. The second-order valence-corrected chi connectivity index (χ2v) is 6.26. The Morgan fingerprint density at radius 1 is 1.00 bits per heavy atom. The van der Waals surface area contributed by atoms with Crippen LogP contribution >= 0.6 is 23.4 Å². The summed E-state index contributed by atoms with van der Waals surface area (Å²) in [4.78, 5) is 0. The number of alkyl halides is 1. The van der Waals surface area contributed by atoms with Gasteiger partial charge in [-0.1, -0.05) is 60.3 Å². The highest BCUT2D eigenvalue weighted by Crippen LogP contribution is 2.28. The number of para-hydroxylation sites is 1. The smallest absolute Gasteiger partial charge is 0.196 e. The summed E-state index contributed by atoms with van der Waals surface area (Å²) in [6.45, 7) is 0. The number of aromatic nitrogens is 3. The number of halogens is 1. The number of rotatable bonds is 6. The first-order valence-corrected chi connectivity index (χ1v) is 8.74. The fourth-order valence-electron chi connectivity index (χ4n) is 2.16. The van der Waals surface area contributed by atoms with Gasteiger partial charge in [-0.3, -0.25) is 4.57 Å². The van der Waals surface area contributed by atoms with Crippen LogP contribution in [0.3, 0.4) is 0 Å². The highest BCUT2D eigenvalue weighted by Gasteiger charge is 2.16. The first-order chi connectivity index (χ1) is 11.3. The van der Waals surface area contributed by atoms with Crippen LogP contribution in [0.2, 0.25) is 0 Å². The lowest BCUT2D eigenvalue weighted by Crippen LogP contribution is -2.12. The number of thioether (sulfide) groups is 1. The molecule has 1 unspecified atom stereocenters. The summed E-state index contributed by atoms with van der Waals surface area (Å²) in [5.74, 6) is 1.46. The van der Waals surface area contributed by atoms with Crippen molar-refractivity contribution >= 4 is 23.4 Å². The van der Waals surface area contributed by atoms with E-state index in [2.05, 4.69) is 10.2 Å². The zero-order chi connectivity index (χ0) is 16.1. The number of hydrogen-bond acceptors (Lipinski definition) is 4. The first kappa shape index (κ1) is 16.1. The molecule has 0 spiro atoms. The standard InChI is InChI=1S/C17H16ClN3OS/c18-11-15(22)12-23-17-20-19-16(13-7-3-1-4-8-13)21(17)14-9-5-2-6-10-14/h1-10,15,22H,11-12H2. The zero-order valence-electron chi connectivity index (χ0n) is 12.3. The third-order valence-electron chi connectivity index (χ3n) is 3.26. The fraction of sp³-hybridized carbons (Fsp3) is 0.176. The Bertz CT molecular complexity index is 749. The molecule has 1 atom stereocenters. The van der Waals surface area contributed by atoms with E-state index in [0.29, 0.717) is 5.75 Å². The van der Waals surface area contributed by atoms with Crippen molar-refractivity contribution < 1.29 is 5.11 Å². The fourth-order valence-corrected chi connectivity index (χ4v) is 3.28. The van der Waals surface area contributed by atoms with E-state index in [0.717, 1.165) is 22.2 Å². The van der Waals surface area contributed by atoms with Crippen LogP contribution < -0.4 is 0 Å². The molecule has 1 N–H and O–H groups in total. The van der Waals surface area contributed by atoms with E-state index in [1.807, 2.05) is 65.2 Å². The van der Waals surface area contributed by atoms with Crippen molar-refractivity contribution in [2.24, 2.45) is 0 Å². The maximum absolute atomic E-state index is 9.69. The van der Waals surface area contributed by atoms with Gasteiger partial charge in [0.15, 0.2) is 11.0 Å². The van der Waals surface area contributed by atoms with E-state index in [1.165, 1.54) is 11.8 Å². The van der Waals surface area contributed by atoms with Crippen molar-refractivity contribution in [3.05, 3.63) is 60.7 Å². The third kappa shape index (κ3) is 3.75. The largest absolute Gasteiger partial charge is 0.391 e. The van der Waals surface area contributed by atoms with Crippen LogP contribution in [-0.2, 0) is 0 Å². The van der Waals surface area contributed by atoms with Crippen molar-refractivity contribution in [3.8, 4) is 17.1 Å². The molecule has 0 saturated carbocycles. The normalized spacial score (nSPS) is 12.3. The van der Waals surface area contributed by atoms with E-state index in [-0.39, 0.29) is 5.88 Å². The monoisotopic (exact) mass is 345 g/mol. The van der Waals surface area contributed by atoms with E-state index < -0.39 is 6.10 Å². The maximum atomic E-state index is 9.69. The van der Waals surface area contributed by atoms with Crippen molar-refractivity contribution in [3.63, 3.8) is 0 Å². The number of benzene rings is 2. The molecule has 0 aliphatic rings. The average molecular weight is 346 g/mol. The van der Waals surface area contributed by atoms with Gasteiger partial charge in [0, 0.05) is 22.9 Å². The molecule has 0 bridgehead atoms. The molecule has 0 fully saturated rings. The van der Waals surface area contributed by atoms with Gasteiger partial charge in [-0.15, -0.1) is 21.8 Å². The maximum Gasteiger partial charge on any atom is 0.196 e. The average Bonchev–Trinajstić information content (AvgIpc) is 3.05. The number of hydrogen-bond donors (Lipinski definition) is 1. The van der Waals surface area contributed by atoms with Gasteiger partial charge in [0.05, 0.1) is 6.10 Å². The van der Waals surface area contributed by atoms with Crippen molar-refractivity contribution in [2.75, 3.05) is 11.6 Å². The topological polar surface area (TPSA) is 50.9 Å². The molecule has 0 amide bonds. The Morgan fingerprint density at radius 2 is 1.65 bits per heavy atom. The summed E-state index contributed by atoms with van der Waals surface area (Å²) in [6, 6.07) is 19.9. The Kier molecular flexibility index (Phi) is 5.33. The lowest BCUT2D eigenvalue weighted by Gasteiger charge is -2.11. The molecule has 0 aliphatic carbocycles. The zero-order valence-corrected chi connectivity index (χ0v) is 13.9. The molecule has 2 aromatic carbocycles. The Hall–Kier alpha value is -1.82. The highest BCUT2D eigenvalue weighted by molar-refractivity contribution is 7.99. The lowest BCUT2D eigenvalue weighted by molar-refractivity contribution is 0.223. The molecule has 1 heterocycles. The van der Waals surface area contributed by atoms with Gasteiger partial charge in [-0.25, -0.2) is 0 Å². The Morgan fingerprint density at radius 3 is 2.30 bits per heavy atom. The summed E-state index contributed by atoms with van der Waals surface area (Å²) < 4.78 is 2.00. The van der Waals surface area contributed by atoms with Crippen LogP contribution in [0.4, 0.5) is 0 Å². The van der Waals surface area contributed by atoms with Crippen LogP contribution in [0.25, 0.3) is 17.1 Å². The summed E-state index contributed by atoms with van der Waals surface area (Å²) in [6.07, 6.45) is -0.567. The molecule has 0 radical (unpaired) electrons. The van der Waals surface area contributed by atoms with Gasteiger partial charge < -0.3 is 5.11 Å². The van der Waals surface area contributed by atoms with Crippen LogP contribution in [0.15, 0.2) is 65.8 Å². The second kappa shape index (κ2) is 7.64. The second-order valence-electron chi connectivity index (χ2n) is 4.96. The molecule has 4 nitrogen and oxygen atoms in total. The SMILES string of the molecule is OC(CCl)CSc1nnc(-c2ccccc2)n1-c1ccccc1. The van der Waals surface area contributed by atoms with Gasteiger partial charge in [-0.2, -0.15) is 0 Å². The molecule has 0 aliphatic heterocycles. The van der Waals surface area contributed by atoms with Crippen molar-refractivity contribution in [2.45, 2.75) is 11.3 Å². The summed E-state index contributed by atoms with van der Waals surface area (Å²) in [7, 11) is 0. The molecular formula is C17H16ClN3OS. The van der Waals surface area contributed by atoms with Gasteiger partial charge >= 0.3 is 0 Å². The van der Waals surface area contributed by atoms with E-state index >= 15 is 0 Å². The third-order valence-corrected chi connectivity index (χ3v) is 4.69. The molecule has 118 valence electrons. The van der Waals surface area contributed by atoms with Gasteiger partial charge in [-0.05, 0) is 12.1 Å². The number of aliphatic hydroxyl groups excluding tert-OH is 1. The quantitative estimate of drug-likeness (QED) is 0.547. The Labute approximate surface area is 144 Å². The molecule has 1 aromatic heterocycles. The Balaban J connectivity index is 2.02. The first-order valence-electron chi connectivity index (χ1n) is 7.22. The van der Waals surface area contributed by atoms with E-state index in [4.69, 9.17) is 11.6 Å².